The Kier molecular flexibility index (Phi) is 1.82. The summed E-state index contributed by atoms with van der Waals surface area (Å²) in [5.74, 6) is 1.06. The van der Waals surface area contributed by atoms with Crippen molar-refractivity contribution in [3.63, 3.8) is 0 Å². The van der Waals surface area contributed by atoms with Crippen LogP contribution in [0.3, 0.4) is 0 Å². The first kappa shape index (κ1) is 8.35. The molecule has 1 heterocycles. The van der Waals surface area contributed by atoms with Crippen molar-refractivity contribution >= 4 is 22.6 Å². The molecule has 0 aliphatic carbocycles. The molecular weight excluding hydrogens is 263 g/mol. The van der Waals surface area contributed by atoms with Crippen LogP contribution >= 0.6 is 22.6 Å². The minimum atomic E-state index is -0.0338. The van der Waals surface area contributed by atoms with Gasteiger partial charge in [-0.25, -0.2) is 0 Å². The molecule has 0 spiro atoms. The highest BCUT2D eigenvalue weighted by Gasteiger charge is 2.31. The van der Waals surface area contributed by atoms with E-state index < -0.39 is 0 Å². The first-order valence-electron chi connectivity index (χ1n) is 4.04. The minimum absolute atomic E-state index is 0.0338. The molecule has 0 saturated heterocycles. The van der Waals surface area contributed by atoms with Crippen molar-refractivity contribution < 1.29 is 4.74 Å². The number of benzene rings is 1. The lowest BCUT2D eigenvalue weighted by Gasteiger charge is -2.14. The predicted octanol–water partition coefficient (Wildman–Crippen LogP) is 3.08. The third-order valence-corrected chi connectivity index (χ3v) is 2.65. The van der Waals surface area contributed by atoms with E-state index in [0.717, 1.165) is 12.2 Å². The smallest absolute Gasteiger partial charge is 0.160 e. The zero-order valence-corrected chi connectivity index (χ0v) is 9.38. The standard InChI is InChI=1S/C10H11IO/c1-7-3-4-8-6-10(2,11)12-9(8)5-7/h3-5H,6H2,1-2H3. The molecule has 0 amide bonds. The van der Waals surface area contributed by atoms with Crippen molar-refractivity contribution in [2.45, 2.75) is 23.9 Å². The van der Waals surface area contributed by atoms with Gasteiger partial charge in [0.25, 0.3) is 0 Å². The van der Waals surface area contributed by atoms with E-state index in [1.807, 2.05) is 0 Å². The molecule has 12 heavy (non-hydrogen) atoms. The van der Waals surface area contributed by atoms with Crippen LogP contribution < -0.4 is 4.74 Å². The molecule has 0 radical (unpaired) electrons. The zero-order chi connectivity index (χ0) is 8.77. The zero-order valence-electron chi connectivity index (χ0n) is 7.23. The number of hydrogen-bond donors (Lipinski definition) is 0. The summed E-state index contributed by atoms with van der Waals surface area (Å²) in [5, 5.41) is 0. The molecule has 64 valence electrons. The van der Waals surface area contributed by atoms with Crippen LogP contribution in [0.15, 0.2) is 18.2 Å². The number of hydrogen-bond acceptors (Lipinski definition) is 1. The van der Waals surface area contributed by atoms with Crippen LogP contribution in [-0.2, 0) is 6.42 Å². The highest BCUT2D eigenvalue weighted by molar-refractivity contribution is 14.1. The van der Waals surface area contributed by atoms with E-state index in [4.69, 9.17) is 4.74 Å². The maximum Gasteiger partial charge on any atom is 0.160 e. The number of fused-ring (bicyclic) bond motifs is 1. The summed E-state index contributed by atoms with van der Waals surface area (Å²) in [6, 6.07) is 6.41. The van der Waals surface area contributed by atoms with Gasteiger partial charge in [0.2, 0.25) is 0 Å². The van der Waals surface area contributed by atoms with Crippen LogP contribution in [0.4, 0.5) is 0 Å². The van der Waals surface area contributed by atoms with Gasteiger partial charge in [-0.05, 0) is 53.6 Å². The molecule has 1 aliphatic rings. The van der Waals surface area contributed by atoms with E-state index in [9.17, 15) is 0 Å². The fourth-order valence-corrected chi connectivity index (χ4v) is 2.16. The summed E-state index contributed by atoms with van der Waals surface area (Å²) in [6.45, 7) is 4.20. The Balaban J connectivity index is 2.43. The molecule has 0 fully saturated rings. The summed E-state index contributed by atoms with van der Waals surface area (Å²) >= 11 is 2.35. The van der Waals surface area contributed by atoms with Gasteiger partial charge in [-0.3, -0.25) is 0 Å². The highest BCUT2D eigenvalue weighted by atomic mass is 127. The van der Waals surface area contributed by atoms with Crippen molar-refractivity contribution in [2.75, 3.05) is 0 Å². The maximum absolute atomic E-state index is 5.76. The Bertz CT molecular complexity index is 318. The Labute approximate surface area is 86.3 Å². The molecule has 1 nitrogen and oxygen atoms in total. The number of halogens is 1. The van der Waals surface area contributed by atoms with E-state index in [-0.39, 0.29) is 3.61 Å². The van der Waals surface area contributed by atoms with Gasteiger partial charge in [-0.15, -0.1) is 0 Å². The van der Waals surface area contributed by atoms with Crippen LogP contribution in [-0.4, -0.2) is 3.61 Å². The highest BCUT2D eigenvalue weighted by Crippen LogP contribution is 2.39. The lowest BCUT2D eigenvalue weighted by Crippen LogP contribution is -2.20. The van der Waals surface area contributed by atoms with Gasteiger partial charge >= 0.3 is 0 Å². The van der Waals surface area contributed by atoms with Crippen molar-refractivity contribution in [3.05, 3.63) is 29.3 Å². The molecular formula is C10H11IO. The molecule has 1 aromatic carbocycles. The Morgan fingerprint density at radius 2 is 2.25 bits per heavy atom. The molecule has 1 aliphatic heterocycles. The summed E-state index contributed by atoms with van der Waals surface area (Å²) in [6.07, 6.45) is 1.02. The van der Waals surface area contributed by atoms with Gasteiger partial charge in [0, 0.05) is 6.42 Å². The summed E-state index contributed by atoms with van der Waals surface area (Å²) in [7, 11) is 0. The third-order valence-electron chi connectivity index (χ3n) is 2.05. The summed E-state index contributed by atoms with van der Waals surface area (Å²) in [5.41, 5.74) is 2.60. The predicted molar refractivity (Wildman–Crippen MR) is 57.9 cm³/mol. The van der Waals surface area contributed by atoms with E-state index in [2.05, 4.69) is 54.6 Å². The monoisotopic (exact) mass is 274 g/mol. The second-order valence-corrected chi connectivity index (χ2v) is 5.77. The summed E-state index contributed by atoms with van der Waals surface area (Å²) in [4.78, 5) is 0. The first-order valence-corrected chi connectivity index (χ1v) is 5.12. The summed E-state index contributed by atoms with van der Waals surface area (Å²) < 4.78 is 5.73. The molecule has 2 heteroatoms. The van der Waals surface area contributed by atoms with Gasteiger partial charge in [-0.1, -0.05) is 12.1 Å². The number of aryl methyl sites for hydroxylation is 1. The van der Waals surface area contributed by atoms with E-state index in [0.29, 0.717) is 0 Å². The van der Waals surface area contributed by atoms with Gasteiger partial charge < -0.3 is 4.74 Å². The van der Waals surface area contributed by atoms with Crippen LogP contribution in [0.5, 0.6) is 5.75 Å². The maximum atomic E-state index is 5.76. The average Bonchev–Trinajstić information content (AvgIpc) is 2.21. The second-order valence-electron chi connectivity index (χ2n) is 3.49. The quantitative estimate of drug-likeness (QED) is 0.522. The molecule has 0 N–H and O–H groups in total. The van der Waals surface area contributed by atoms with Crippen molar-refractivity contribution in [1.29, 1.82) is 0 Å². The molecule has 1 unspecified atom stereocenters. The van der Waals surface area contributed by atoms with Crippen LogP contribution in [0.2, 0.25) is 0 Å². The Hall–Kier alpha value is -0.250. The van der Waals surface area contributed by atoms with Crippen molar-refractivity contribution in [1.82, 2.24) is 0 Å². The Morgan fingerprint density at radius 1 is 1.50 bits per heavy atom. The molecule has 2 rings (SSSR count). The van der Waals surface area contributed by atoms with Gasteiger partial charge in [0.05, 0.1) is 0 Å². The van der Waals surface area contributed by atoms with Crippen LogP contribution in [0.1, 0.15) is 18.1 Å². The fourth-order valence-electron chi connectivity index (χ4n) is 1.51. The number of ether oxygens (including phenoxy) is 1. The molecule has 1 atom stereocenters. The van der Waals surface area contributed by atoms with Gasteiger partial charge in [0.15, 0.2) is 3.61 Å². The van der Waals surface area contributed by atoms with Gasteiger partial charge in [0.1, 0.15) is 5.75 Å². The van der Waals surface area contributed by atoms with E-state index >= 15 is 0 Å². The van der Waals surface area contributed by atoms with E-state index in [1.165, 1.54) is 11.1 Å². The fraction of sp³-hybridized carbons (Fsp3) is 0.400. The molecule has 0 aromatic heterocycles. The number of alkyl halides is 1. The topological polar surface area (TPSA) is 9.23 Å². The van der Waals surface area contributed by atoms with Crippen LogP contribution in [0.25, 0.3) is 0 Å². The third kappa shape index (κ3) is 1.44. The largest absolute Gasteiger partial charge is 0.477 e. The molecule has 1 aromatic rings. The van der Waals surface area contributed by atoms with Crippen molar-refractivity contribution in [2.24, 2.45) is 0 Å². The van der Waals surface area contributed by atoms with Crippen LogP contribution in [0, 0.1) is 6.92 Å². The minimum Gasteiger partial charge on any atom is -0.477 e. The lowest BCUT2D eigenvalue weighted by atomic mass is 10.1. The first-order chi connectivity index (χ1) is 5.57. The van der Waals surface area contributed by atoms with E-state index in [1.54, 1.807) is 0 Å². The van der Waals surface area contributed by atoms with Gasteiger partial charge in [-0.2, -0.15) is 0 Å². The SMILES string of the molecule is Cc1ccc2c(c1)OC(C)(I)C2. The lowest BCUT2D eigenvalue weighted by molar-refractivity contribution is 0.236. The Morgan fingerprint density at radius 3 is 3.00 bits per heavy atom. The average molecular weight is 274 g/mol. The number of rotatable bonds is 0. The van der Waals surface area contributed by atoms with Crippen molar-refractivity contribution in [3.8, 4) is 5.75 Å². The molecule has 0 bridgehead atoms. The normalized spacial score (nSPS) is 26.6. The molecule has 0 saturated carbocycles. The second kappa shape index (κ2) is 2.62.